The van der Waals surface area contributed by atoms with E-state index in [1.807, 2.05) is 4.90 Å². The first-order valence-corrected chi connectivity index (χ1v) is 14.0. The van der Waals surface area contributed by atoms with E-state index in [2.05, 4.69) is 4.90 Å². The smallest absolute Gasteiger partial charge is 0.352 e. The average Bonchev–Trinajstić information content (AvgIpc) is 2.86. The van der Waals surface area contributed by atoms with Crippen LogP contribution in [0.25, 0.3) is 0 Å². The van der Waals surface area contributed by atoms with Gasteiger partial charge in [-0.05, 0) is 70.3 Å². The molecule has 11 heteroatoms. The molecule has 1 aromatic carbocycles. The number of aromatic hydroxyl groups is 1. The maximum atomic E-state index is 14.2. The van der Waals surface area contributed by atoms with Crippen LogP contribution in [-0.4, -0.2) is 80.0 Å². The molecule has 0 saturated carbocycles. The quantitative estimate of drug-likeness (QED) is 0.428. The highest BCUT2D eigenvalue weighted by atomic mass is 31.2. The van der Waals surface area contributed by atoms with E-state index in [0.29, 0.717) is 31.5 Å². The maximum Gasteiger partial charge on any atom is 0.352 e. The molecule has 2 aliphatic rings. The number of hydrogen-bond acceptors (Lipinski definition) is 9. The number of phenolic OH excluding ortho intramolecular Hbond substituents is 1. The van der Waals surface area contributed by atoms with E-state index in [1.54, 1.807) is 26.0 Å². The highest BCUT2D eigenvalue weighted by Gasteiger charge is 2.49. The van der Waals surface area contributed by atoms with E-state index >= 15 is 0 Å². The first-order valence-electron chi connectivity index (χ1n) is 12.4. The van der Waals surface area contributed by atoms with Crippen LogP contribution in [0.2, 0.25) is 0 Å². The number of hydrogen-bond donors (Lipinski definition) is 2. The summed E-state index contributed by atoms with van der Waals surface area (Å²) in [7, 11) is -0.804. The van der Waals surface area contributed by atoms with E-state index < -0.39 is 18.9 Å². The molecule has 0 spiro atoms. The molecule has 0 radical (unpaired) electrons. The zero-order valence-electron chi connectivity index (χ0n) is 21.3. The summed E-state index contributed by atoms with van der Waals surface area (Å²) in [6, 6.07) is 3.27. The van der Waals surface area contributed by atoms with Gasteiger partial charge in [-0.15, -0.1) is 0 Å². The lowest BCUT2D eigenvalue weighted by atomic mass is 9.83. The molecule has 1 aromatic rings. The third kappa shape index (κ3) is 5.62. The number of phenols is 1. The van der Waals surface area contributed by atoms with E-state index in [0.717, 1.165) is 32.4 Å². The number of carbonyl (C=O) groups is 1. The lowest BCUT2D eigenvalue weighted by molar-refractivity contribution is -0.135. The predicted molar refractivity (Wildman–Crippen MR) is 133 cm³/mol. The van der Waals surface area contributed by atoms with Crippen LogP contribution in [0, 0.1) is 0 Å². The second-order valence-electron chi connectivity index (χ2n) is 9.00. The van der Waals surface area contributed by atoms with Crippen molar-refractivity contribution in [1.29, 1.82) is 0 Å². The van der Waals surface area contributed by atoms with Gasteiger partial charge < -0.3 is 29.4 Å². The summed E-state index contributed by atoms with van der Waals surface area (Å²) in [4.78, 5) is 17.0. The highest BCUT2D eigenvalue weighted by molar-refractivity contribution is 7.54. The van der Waals surface area contributed by atoms with Crippen LogP contribution in [-0.2, 0) is 18.4 Å². The van der Waals surface area contributed by atoms with Gasteiger partial charge in [-0.25, -0.2) is 0 Å². The Bertz CT molecular complexity index is 879. The summed E-state index contributed by atoms with van der Waals surface area (Å²) >= 11 is 0. The van der Waals surface area contributed by atoms with E-state index in [-0.39, 0.29) is 36.4 Å². The van der Waals surface area contributed by atoms with Gasteiger partial charge >= 0.3 is 7.60 Å². The Kier molecular flexibility index (Phi) is 9.46. The van der Waals surface area contributed by atoms with Gasteiger partial charge in [-0.3, -0.25) is 19.2 Å². The number of primary amides is 1. The minimum Gasteiger partial charge on any atom is -0.502 e. The predicted octanol–water partition coefficient (Wildman–Crippen LogP) is 3.48. The van der Waals surface area contributed by atoms with Gasteiger partial charge in [0.25, 0.3) is 0 Å². The van der Waals surface area contributed by atoms with E-state index in [9.17, 15) is 14.5 Å². The van der Waals surface area contributed by atoms with Gasteiger partial charge in [0.15, 0.2) is 11.5 Å². The third-order valence-electron chi connectivity index (χ3n) is 7.11. The van der Waals surface area contributed by atoms with Crippen molar-refractivity contribution in [3.63, 3.8) is 0 Å². The van der Waals surface area contributed by atoms with Gasteiger partial charge in [0.05, 0.1) is 27.4 Å². The minimum atomic E-state index is -3.69. The summed E-state index contributed by atoms with van der Waals surface area (Å²) < 4.78 is 36.4. The lowest BCUT2D eigenvalue weighted by Crippen LogP contribution is -2.63. The Morgan fingerprint density at radius 2 is 1.54 bits per heavy atom. The molecule has 3 N–H and O–H groups in total. The number of piperidine rings is 2. The zero-order valence-corrected chi connectivity index (χ0v) is 22.2. The van der Waals surface area contributed by atoms with Gasteiger partial charge in [-0.1, -0.05) is 6.42 Å². The number of rotatable bonds is 11. The average molecular weight is 514 g/mol. The molecule has 2 heterocycles. The Morgan fingerprint density at radius 3 is 1.97 bits per heavy atom. The van der Waals surface area contributed by atoms with Crippen LogP contribution < -0.4 is 15.2 Å². The van der Waals surface area contributed by atoms with Gasteiger partial charge in [-0.2, -0.15) is 0 Å². The molecule has 2 aliphatic heterocycles. The van der Waals surface area contributed by atoms with Crippen LogP contribution >= 0.6 is 7.60 Å². The largest absolute Gasteiger partial charge is 0.502 e. The van der Waals surface area contributed by atoms with Crippen molar-refractivity contribution < 1.29 is 33.0 Å². The zero-order chi connectivity index (χ0) is 25.6. The van der Waals surface area contributed by atoms with Crippen LogP contribution in [0.4, 0.5) is 0 Å². The molecule has 1 unspecified atom stereocenters. The molecule has 0 aliphatic carbocycles. The summed E-state index contributed by atoms with van der Waals surface area (Å²) in [5, 5.41) is 10.4. The molecule has 1 atom stereocenters. The molecular formula is C24H40N3O7P. The second kappa shape index (κ2) is 11.9. The fourth-order valence-electron chi connectivity index (χ4n) is 5.37. The van der Waals surface area contributed by atoms with Crippen molar-refractivity contribution in [2.75, 3.05) is 53.6 Å². The first kappa shape index (κ1) is 27.7. The number of methoxy groups -OCH3 is 2. The molecular weight excluding hydrogens is 473 g/mol. The number of carbonyl (C=O) groups excluding carboxylic acids is 1. The lowest BCUT2D eigenvalue weighted by Gasteiger charge is -2.49. The first-order chi connectivity index (χ1) is 16.8. The molecule has 0 aromatic heterocycles. The molecule has 198 valence electrons. The van der Waals surface area contributed by atoms with Crippen molar-refractivity contribution in [1.82, 2.24) is 9.80 Å². The van der Waals surface area contributed by atoms with Crippen LogP contribution in [0.15, 0.2) is 12.1 Å². The number of nitrogens with zero attached hydrogens (tertiary/aromatic N) is 2. The molecule has 1 amide bonds. The number of ether oxygens (including phenoxy) is 2. The van der Waals surface area contributed by atoms with Crippen molar-refractivity contribution >= 4 is 13.5 Å². The second-order valence-corrected chi connectivity index (χ2v) is 11.1. The minimum absolute atomic E-state index is 0.142. The Balaban J connectivity index is 2.01. The number of likely N-dealkylation sites (tertiary alicyclic amines) is 2. The fraction of sp³-hybridized carbons (Fsp3) is 0.708. The SMILES string of the molecule is CCOP(=O)(OCC)C(c1cc(OC)c(O)c(OC)c1)N1CCC(C(N)=O)(N2CCCCC2)CC1. The van der Waals surface area contributed by atoms with Crippen molar-refractivity contribution in [2.24, 2.45) is 5.73 Å². The summed E-state index contributed by atoms with van der Waals surface area (Å²) in [6.07, 6.45) is 4.31. The normalized spacial score (nSPS) is 20.3. The van der Waals surface area contributed by atoms with E-state index in [4.69, 9.17) is 24.3 Å². The molecule has 2 fully saturated rings. The molecule has 0 bridgehead atoms. The third-order valence-corrected chi connectivity index (χ3v) is 9.57. The summed E-state index contributed by atoms with van der Waals surface area (Å²) in [5.41, 5.74) is 5.84. The van der Waals surface area contributed by atoms with E-state index in [1.165, 1.54) is 14.2 Å². The maximum absolute atomic E-state index is 14.2. The Hall–Kier alpha value is -1.84. The summed E-state index contributed by atoms with van der Waals surface area (Å²) in [6.45, 7) is 6.60. The van der Waals surface area contributed by atoms with Crippen molar-refractivity contribution in [3.05, 3.63) is 17.7 Å². The highest BCUT2D eigenvalue weighted by Crippen LogP contribution is 2.63. The van der Waals surface area contributed by atoms with Gasteiger partial charge in [0.2, 0.25) is 11.7 Å². The Morgan fingerprint density at radius 1 is 1.03 bits per heavy atom. The number of amides is 1. The van der Waals surface area contributed by atoms with Gasteiger partial charge in [0, 0.05) is 13.1 Å². The van der Waals surface area contributed by atoms with Gasteiger partial charge in [0.1, 0.15) is 11.3 Å². The monoisotopic (exact) mass is 513 g/mol. The number of benzene rings is 1. The number of nitrogens with two attached hydrogens (primary N) is 1. The Labute approximate surface area is 208 Å². The molecule has 3 rings (SSSR count). The summed E-state index contributed by atoms with van der Waals surface area (Å²) in [5.74, 6) is -0.836. The van der Waals surface area contributed by atoms with Crippen LogP contribution in [0.5, 0.6) is 17.2 Å². The van der Waals surface area contributed by atoms with Crippen LogP contribution in [0.3, 0.4) is 0 Å². The molecule has 10 nitrogen and oxygen atoms in total. The topological polar surface area (TPSA) is 124 Å². The van der Waals surface area contributed by atoms with Crippen LogP contribution in [0.1, 0.15) is 57.3 Å². The van der Waals surface area contributed by atoms with Crippen molar-refractivity contribution in [3.8, 4) is 17.2 Å². The standard InChI is InChI=1S/C24H40N3O7P/c1-5-33-35(30,34-6-2)22(18-16-19(31-3)21(28)20(17-18)32-4)26-14-10-24(11-15-26,23(25)29)27-12-8-7-9-13-27/h16-17,22,28H,5-15H2,1-4H3,(H2,25,29). The molecule has 2 saturated heterocycles. The molecule has 35 heavy (non-hydrogen) atoms. The fourth-order valence-corrected chi connectivity index (χ4v) is 7.60. The van der Waals surface area contributed by atoms with Crippen molar-refractivity contribution in [2.45, 2.75) is 57.3 Å².